The number of ether oxygens (including phenoxy) is 1. The Morgan fingerprint density at radius 3 is 2.53 bits per heavy atom. The second-order valence-electron chi connectivity index (χ2n) is 5.28. The fraction of sp³-hybridized carbons (Fsp3) is 0.786. The standard InChI is InChI=1S/C14H26BrN3O/c1-7-14(5,19-6)13(16-8-2)12-11(15)9-17-18(12)10(3)4/h9-10,13,16H,7-8H2,1-6H3. The van der Waals surface area contributed by atoms with Gasteiger partial charge in [0.1, 0.15) is 0 Å². The molecular formula is C14H26BrN3O. The number of likely N-dealkylation sites (N-methyl/N-ethyl adjacent to an activating group) is 1. The van der Waals surface area contributed by atoms with E-state index >= 15 is 0 Å². The number of hydrogen-bond donors (Lipinski definition) is 1. The molecule has 0 aliphatic carbocycles. The van der Waals surface area contributed by atoms with Crippen LogP contribution < -0.4 is 5.32 Å². The summed E-state index contributed by atoms with van der Waals surface area (Å²) in [5.41, 5.74) is 0.897. The van der Waals surface area contributed by atoms with Crippen LogP contribution in [0.1, 0.15) is 58.8 Å². The molecule has 19 heavy (non-hydrogen) atoms. The molecular weight excluding hydrogens is 306 g/mol. The SMILES string of the molecule is CCNC(c1c(Br)cnn1C(C)C)C(C)(CC)OC. The Bertz CT molecular complexity index is 399. The van der Waals surface area contributed by atoms with Gasteiger partial charge in [0.2, 0.25) is 0 Å². The first kappa shape index (κ1) is 16.7. The van der Waals surface area contributed by atoms with Crippen molar-refractivity contribution in [2.45, 2.75) is 58.7 Å². The van der Waals surface area contributed by atoms with Crippen molar-refractivity contribution >= 4 is 15.9 Å². The van der Waals surface area contributed by atoms with E-state index in [1.807, 2.05) is 6.20 Å². The zero-order chi connectivity index (χ0) is 14.6. The van der Waals surface area contributed by atoms with Crippen LogP contribution in [0, 0.1) is 0 Å². The fourth-order valence-corrected chi connectivity index (χ4v) is 2.81. The number of hydrogen-bond acceptors (Lipinski definition) is 3. The Kier molecular flexibility index (Phi) is 6.02. The largest absolute Gasteiger partial charge is 0.376 e. The van der Waals surface area contributed by atoms with Gasteiger partial charge >= 0.3 is 0 Å². The predicted molar refractivity (Wildman–Crippen MR) is 82.4 cm³/mol. The average Bonchev–Trinajstić information content (AvgIpc) is 2.77. The molecule has 2 unspecified atom stereocenters. The van der Waals surface area contributed by atoms with Gasteiger partial charge in [-0.05, 0) is 49.7 Å². The van der Waals surface area contributed by atoms with Crippen LogP contribution in [0.5, 0.6) is 0 Å². The molecule has 1 N–H and O–H groups in total. The van der Waals surface area contributed by atoms with Gasteiger partial charge in [0.15, 0.2) is 0 Å². The molecule has 0 radical (unpaired) electrons. The van der Waals surface area contributed by atoms with Crippen molar-refractivity contribution in [3.8, 4) is 0 Å². The summed E-state index contributed by atoms with van der Waals surface area (Å²) >= 11 is 3.63. The molecule has 0 fully saturated rings. The van der Waals surface area contributed by atoms with Crippen LogP contribution in [-0.2, 0) is 4.74 Å². The van der Waals surface area contributed by atoms with E-state index < -0.39 is 0 Å². The second-order valence-corrected chi connectivity index (χ2v) is 6.13. The van der Waals surface area contributed by atoms with Gasteiger partial charge in [-0.25, -0.2) is 0 Å². The smallest absolute Gasteiger partial charge is 0.0857 e. The van der Waals surface area contributed by atoms with Crippen LogP contribution >= 0.6 is 15.9 Å². The second kappa shape index (κ2) is 6.86. The molecule has 0 aliphatic heterocycles. The quantitative estimate of drug-likeness (QED) is 0.828. The average molecular weight is 332 g/mol. The van der Waals surface area contributed by atoms with Gasteiger partial charge in [0.05, 0.1) is 28.0 Å². The molecule has 0 aliphatic rings. The van der Waals surface area contributed by atoms with Gasteiger partial charge < -0.3 is 10.1 Å². The maximum Gasteiger partial charge on any atom is 0.0857 e. The van der Waals surface area contributed by atoms with E-state index in [1.54, 1.807) is 7.11 Å². The van der Waals surface area contributed by atoms with Crippen LogP contribution in [0.4, 0.5) is 0 Å². The van der Waals surface area contributed by atoms with Crippen molar-refractivity contribution in [1.29, 1.82) is 0 Å². The summed E-state index contributed by atoms with van der Waals surface area (Å²) in [6.45, 7) is 11.6. The van der Waals surface area contributed by atoms with Crippen LogP contribution in [-0.4, -0.2) is 29.0 Å². The number of methoxy groups -OCH3 is 1. The molecule has 0 spiro atoms. The van der Waals surface area contributed by atoms with Crippen molar-refractivity contribution < 1.29 is 4.74 Å². The van der Waals surface area contributed by atoms with E-state index in [9.17, 15) is 0 Å². The first-order chi connectivity index (χ1) is 8.91. The third-order valence-corrected chi connectivity index (χ3v) is 4.35. The fourth-order valence-electron chi connectivity index (χ4n) is 2.30. The molecule has 1 aromatic heterocycles. The van der Waals surface area contributed by atoms with Gasteiger partial charge in [-0.1, -0.05) is 13.8 Å². The molecule has 0 saturated heterocycles. The minimum atomic E-state index is -0.259. The molecule has 110 valence electrons. The summed E-state index contributed by atoms with van der Waals surface area (Å²) < 4.78 is 8.88. The van der Waals surface area contributed by atoms with Crippen LogP contribution in [0.15, 0.2) is 10.7 Å². The maximum atomic E-state index is 5.79. The monoisotopic (exact) mass is 331 g/mol. The molecule has 1 heterocycles. The first-order valence-corrected chi connectivity index (χ1v) is 7.72. The number of rotatable bonds is 7. The number of aromatic nitrogens is 2. The Hall–Kier alpha value is -0.390. The van der Waals surface area contributed by atoms with Gasteiger partial charge in [0, 0.05) is 13.2 Å². The topological polar surface area (TPSA) is 39.1 Å². The zero-order valence-electron chi connectivity index (χ0n) is 12.8. The zero-order valence-corrected chi connectivity index (χ0v) is 14.4. The van der Waals surface area contributed by atoms with E-state index in [0.29, 0.717) is 6.04 Å². The van der Waals surface area contributed by atoms with E-state index in [0.717, 1.165) is 23.1 Å². The molecule has 1 aromatic rings. The van der Waals surface area contributed by atoms with Gasteiger partial charge in [-0.3, -0.25) is 4.68 Å². The molecule has 0 saturated carbocycles. The third-order valence-electron chi connectivity index (χ3n) is 3.74. The lowest BCUT2D eigenvalue weighted by Gasteiger charge is -2.37. The van der Waals surface area contributed by atoms with Crippen molar-refractivity contribution in [2.75, 3.05) is 13.7 Å². The van der Waals surface area contributed by atoms with Crippen LogP contribution in [0.25, 0.3) is 0 Å². The minimum absolute atomic E-state index is 0.103. The summed E-state index contributed by atoms with van der Waals surface area (Å²) in [5, 5.41) is 8.02. The number of nitrogens with one attached hydrogen (secondary N) is 1. The highest BCUT2D eigenvalue weighted by Gasteiger charge is 2.37. The molecule has 0 amide bonds. The molecule has 2 atom stereocenters. The summed E-state index contributed by atoms with van der Waals surface area (Å²) in [5.74, 6) is 0. The van der Waals surface area contributed by atoms with E-state index in [1.165, 1.54) is 0 Å². The Labute approximate surface area is 125 Å². The normalized spacial score (nSPS) is 16.6. The van der Waals surface area contributed by atoms with Crippen LogP contribution in [0.2, 0.25) is 0 Å². The van der Waals surface area contributed by atoms with Gasteiger partial charge in [-0.2, -0.15) is 5.10 Å². The van der Waals surface area contributed by atoms with E-state index in [2.05, 4.69) is 65.6 Å². The number of halogens is 1. The highest BCUT2D eigenvalue weighted by Crippen LogP contribution is 2.36. The molecule has 0 aromatic carbocycles. The molecule has 0 bridgehead atoms. The lowest BCUT2D eigenvalue weighted by Crippen LogP contribution is -2.44. The van der Waals surface area contributed by atoms with Crippen LogP contribution in [0.3, 0.4) is 0 Å². The molecule has 1 rings (SSSR count). The maximum absolute atomic E-state index is 5.79. The Balaban J connectivity index is 3.30. The highest BCUT2D eigenvalue weighted by atomic mass is 79.9. The van der Waals surface area contributed by atoms with Crippen molar-refractivity contribution in [3.05, 3.63) is 16.4 Å². The third kappa shape index (κ3) is 3.38. The van der Waals surface area contributed by atoms with E-state index in [-0.39, 0.29) is 11.6 Å². The summed E-state index contributed by atoms with van der Waals surface area (Å²) in [6.07, 6.45) is 2.79. The summed E-state index contributed by atoms with van der Waals surface area (Å²) in [6, 6.07) is 0.423. The van der Waals surface area contributed by atoms with Gasteiger partial charge in [0.25, 0.3) is 0 Å². The first-order valence-electron chi connectivity index (χ1n) is 6.92. The molecule has 4 nitrogen and oxygen atoms in total. The highest BCUT2D eigenvalue weighted by molar-refractivity contribution is 9.10. The summed E-state index contributed by atoms with van der Waals surface area (Å²) in [7, 11) is 1.78. The van der Waals surface area contributed by atoms with Crippen molar-refractivity contribution in [3.63, 3.8) is 0 Å². The molecule has 5 heteroatoms. The minimum Gasteiger partial charge on any atom is -0.376 e. The lowest BCUT2D eigenvalue weighted by atomic mass is 9.90. The Morgan fingerprint density at radius 2 is 2.11 bits per heavy atom. The summed E-state index contributed by atoms with van der Waals surface area (Å²) in [4.78, 5) is 0. The predicted octanol–water partition coefficient (Wildman–Crippen LogP) is 3.69. The van der Waals surface area contributed by atoms with Crippen molar-refractivity contribution in [1.82, 2.24) is 15.1 Å². The van der Waals surface area contributed by atoms with E-state index in [4.69, 9.17) is 4.74 Å². The Morgan fingerprint density at radius 1 is 1.47 bits per heavy atom. The van der Waals surface area contributed by atoms with Crippen molar-refractivity contribution in [2.24, 2.45) is 0 Å². The van der Waals surface area contributed by atoms with Gasteiger partial charge in [-0.15, -0.1) is 0 Å². The number of nitrogens with zero attached hydrogens (tertiary/aromatic N) is 2. The lowest BCUT2D eigenvalue weighted by molar-refractivity contribution is -0.0322.